The Hall–Kier alpha value is -1.60. The van der Waals surface area contributed by atoms with Gasteiger partial charge in [0, 0.05) is 41.4 Å². The van der Waals surface area contributed by atoms with Crippen LogP contribution in [0.2, 0.25) is 0 Å². The van der Waals surface area contributed by atoms with Gasteiger partial charge in [-0.15, -0.1) is 0 Å². The van der Waals surface area contributed by atoms with Gasteiger partial charge in [-0.05, 0) is 0 Å². The first kappa shape index (κ1) is 14.5. The SMILES string of the molecule is COCCS(=O)CC(=O)c1cccc([N+](=O)[O-])c1. The Morgan fingerprint density at radius 3 is 2.83 bits per heavy atom. The maximum absolute atomic E-state index is 11.7. The van der Waals surface area contributed by atoms with E-state index in [0.29, 0.717) is 6.61 Å². The van der Waals surface area contributed by atoms with Gasteiger partial charge in [0.05, 0.1) is 17.3 Å². The number of hydrogen-bond donors (Lipinski definition) is 0. The van der Waals surface area contributed by atoms with Crippen LogP contribution in [0.4, 0.5) is 5.69 Å². The second-order valence-electron chi connectivity index (χ2n) is 3.51. The normalized spacial score (nSPS) is 12.1. The Labute approximate surface area is 107 Å². The predicted molar refractivity (Wildman–Crippen MR) is 67.2 cm³/mol. The summed E-state index contributed by atoms with van der Waals surface area (Å²) >= 11 is 0. The lowest BCUT2D eigenvalue weighted by atomic mass is 10.1. The average Bonchev–Trinajstić information content (AvgIpc) is 2.36. The number of methoxy groups -OCH3 is 1. The molecule has 98 valence electrons. The topological polar surface area (TPSA) is 86.5 Å². The fraction of sp³-hybridized carbons (Fsp3) is 0.364. The molecule has 0 amide bonds. The van der Waals surface area contributed by atoms with Gasteiger partial charge >= 0.3 is 0 Å². The van der Waals surface area contributed by atoms with Gasteiger partial charge in [0.1, 0.15) is 0 Å². The van der Waals surface area contributed by atoms with Crippen molar-refractivity contribution in [2.24, 2.45) is 0 Å². The molecular weight excluding hydrogens is 258 g/mol. The van der Waals surface area contributed by atoms with E-state index in [1.54, 1.807) is 0 Å². The number of nitro benzene ring substituents is 1. The predicted octanol–water partition coefficient (Wildman–Crippen LogP) is 1.17. The number of non-ortho nitro benzene ring substituents is 1. The minimum atomic E-state index is -1.31. The van der Waals surface area contributed by atoms with Crippen LogP contribution in [0.15, 0.2) is 24.3 Å². The Morgan fingerprint density at radius 2 is 2.22 bits per heavy atom. The van der Waals surface area contributed by atoms with Gasteiger partial charge in [-0.1, -0.05) is 12.1 Å². The highest BCUT2D eigenvalue weighted by molar-refractivity contribution is 7.85. The highest BCUT2D eigenvalue weighted by atomic mass is 32.2. The Morgan fingerprint density at radius 1 is 1.50 bits per heavy atom. The van der Waals surface area contributed by atoms with Crippen LogP contribution in [0.25, 0.3) is 0 Å². The summed E-state index contributed by atoms with van der Waals surface area (Å²) in [6, 6.07) is 5.40. The van der Waals surface area contributed by atoms with Gasteiger partial charge in [-0.2, -0.15) is 0 Å². The Kier molecular flexibility index (Phi) is 5.60. The number of nitrogens with zero attached hydrogens (tertiary/aromatic N) is 1. The molecule has 0 heterocycles. The summed E-state index contributed by atoms with van der Waals surface area (Å²) in [5.74, 6) is -0.241. The largest absolute Gasteiger partial charge is 0.384 e. The third-order valence-corrected chi connectivity index (χ3v) is 3.39. The van der Waals surface area contributed by atoms with Crippen molar-refractivity contribution in [3.63, 3.8) is 0 Å². The van der Waals surface area contributed by atoms with Gasteiger partial charge in [0.2, 0.25) is 0 Å². The van der Waals surface area contributed by atoms with Gasteiger partial charge in [-0.3, -0.25) is 19.1 Å². The maximum Gasteiger partial charge on any atom is 0.270 e. The second-order valence-corrected chi connectivity index (χ2v) is 5.09. The fourth-order valence-electron chi connectivity index (χ4n) is 1.27. The van der Waals surface area contributed by atoms with Gasteiger partial charge in [-0.25, -0.2) is 0 Å². The van der Waals surface area contributed by atoms with E-state index < -0.39 is 15.7 Å². The molecule has 0 aromatic heterocycles. The molecule has 0 aliphatic carbocycles. The lowest BCUT2D eigenvalue weighted by Gasteiger charge is -2.01. The smallest absolute Gasteiger partial charge is 0.270 e. The number of carbonyl (C=O) groups is 1. The van der Waals surface area contributed by atoms with E-state index in [1.807, 2.05) is 0 Å². The van der Waals surface area contributed by atoms with Crippen molar-refractivity contribution >= 4 is 22.3 Å². The average molecular weight is 271 g/mol. The fourth-order valence-corrected chi connectivity index (χ4v) is 2.23. The molecule has 1 atom stereocenters. The molecule has 0 aliphatic heterocycles. The zero-order chi connectivity index (χ0) is 13.5. The minimum absolute atomic E-state index is 0.148. The van der Waals surface area contributed by atoms with E-state index in [9.17, 15) is 19.1 Å². The molecule has 0 spiro atoms. The molecule has 1 aromatic rings. The van der Waals surface area contributed by atoms with E-state index in [-0.39, 0.29) is 28.5 Å². The van der Waals surface area contributed by atoms with Crippen molar-refractivity contribution < 1.29 is 18.7 Å². The highest BCUT2D eigenvalue weighted by Gasteiger charge is 2.14. The number of ketones is 1. The molecule has 0 N–H and O–H groups in total. The summed E-state index contributed by atoms with van der Waals surface area (Å²) < 4.78 is 16.2. The van der Waals surface area contributed by atoms with Crippen molar-refractivity contribution in [2.75, 3.05) is 25.2 Å². The second kappa shape index (κ2) is 6.97. The molecule has 1 rings (SSSR count). The van der Waals surface area contributed by atoms with Crippen molar-refractivity contribution in [1.82, 2.24) is 0 Å². The highest BCUT2D eigenvalue weighted by Crippen LogP contribution is 2.13. The molecule has 18 heavy (non-hydrogen) atoms. The number of hydrogen-bond acceptors (Lipinski definition) is 5. The lowest BCUT2D eigenvalue weighted by Crippen LogP contribution is -2.15. The van der Waals surface area contributed by atoms with E-state index in [4.69, 9.17) is 4.74 Å². The number of carbonyl (C=O) groups excluding carboxylic acids is 1. The van der Waals surface area contributed by atoms with Crippen LogP contribution in [-0.4, -0.2) is 40.1 Å². The summed E-state index contributed by atoms with van der Waals surface area (Å²) in [7, 11) is 0.173. The molecule has 0 bridgehead atoms. The number of rotatable bonds is 7. The molecule has 0 saturated heterocycles. The first-order chi connectivity index (χ1) is 8.54. The Balaban J connectivity index is 2.69. The van der Waals surface area contributed by atoms with Crippen LogP contribution in [-0.2, 0) is 15.5 Å². The maximum atomic E-state index is 11.7. The molecular formula is C11H13NO5S. The standard InChI is InChI=1S/C11H13NO5S/c1-17-5-6-18(16)8-11(13)9-3-2-4-10(7-9)12(14)15/h2-4,7H,5-6,8H2,1H3. The van der Waals surface area contributed by atoms with E-state index in [0.717, 1.165) is 0 Å². The molecule has 1 aromatic carbocycles. The van der Waals surface area contributed by atoms with Crippen molar-refractivity contribution in [1.29, 1.82) is 0 Å². The summed E-state index contributed by atoms with van der Waals surface area (Å²) in [6.45, 7) is 0.314. The van der Waals surface area contributed by atoms with E-state index in [1.165, 1.54) is 31.4 Å². The molecule has 1 unspecified atom stereocenters. The van der Waals surface area contributed by atoms with Crippen LogP contribution in [0, 0.1) is 10.1 Å². The van der Waals surface area contributed by atoms with E-state index in [2.05, 4.69) is 0 Å². The summed E-state index contributed by atoms with van der Waals surface area (Å²) in [5.41, 5.74) is 0.0542. The van der Waals surface area contributed by atoms with Crippen molar-refractivity contribution in [3.05, 3.63) is 39.9 Å². The molecule has 7 heteroatoms. The number of benzene rings is 1. The summed E-state index contributed by atoms with van der Waals surface area (Å²) in [4.78, 5) is 21.7. The van der Waals surface area contributed by atoms with Gasteiger partial charge < -0.3 is 4.74 Å². The monoisotopic (exact) mass is 271 g/mol. The Bertz CT molecular complexity index is 474. The summed E-state index contributed by atoms with van der Waals surface area (Å²) in [5, 5.41) is 10.6. The third kappa shape index (κ3) is 4.34. The number of Topliss-reactive ketones (excluding diaryl/α,β-unsaturated/α-hetero) is 1. The lowest BCUT2D eigenvalue weighted by molar-refractivity contribution is -0.384. The van der Waals surface area contributed by atoms with Crippen LogP contribution in [0.5, 0.6) is 0 Å². The molecule has 6 nitrogen and oxygen atoms in total. The minimum Gasteiger partial charge on any atom is -0.384 e. The van der Waals surface area contributed by atoms with Crippen molar-refractivity contribution in [2.45, 2.75) is 0 Å². The van der Waals surface area contributed by atoms with Crippen LogP contribution >= 0.6 is 0 Å². The van der Waals surface area contributed by atoms with Gasteiger partial charge in [0.25, 0.3) is 5.69 Å². The number of nitro groups is 1. The van der Waals surface area contributed by atoms with Crippen LogP contribution in [0.3, 0.4) is 0 Å². The first-order valence-electron chi connectivity index (χ1n) is 5.16. The zero-order valence-electron chi connectivity index (χ0n) is 9.83. The molecule has 0 saturated carbocycles. The van der Waals surface area contributed by atoms with Crippen LogP contribution < -0.4 is 0 Å². The molecule has 0 radical (unpaired) electrons. The molecule has 0 aliphatic rings. The van der Waals surface area contributed by atoms with Crippen LogP contribution in [0.1, 0.15) is 10.4 Å². The zero-order valence-corrected chi connectivity index (χ0v) is 10.6. The van der Waals surface area contributed by atoms with Crippen molar-refractivity contribution in [3.8, 4) is 0 Å². The summed E-state index contributed by atoms with van der Waals surface area (Å²) in [6.07, 6.45) is 0. The van der Waals surface area contributed by atoms with E-state index >= 15 is 0 Å². The quantitative estimate of drug-likeness (QED) is 0.422. The first-order valence-corrected chi connectivity index (χ1v) is 6.65. The van der Waals surface area contributed by atoms with Gasteiger partial charge in [0.15, 0.2) is 5.78 Å². The number of ether oxygens (including phenoxy) is 1. The molecule has 0 fully saturated rings. The third-order valence-electron chi connectivity index (χ3n) is 2.19.